The molecule has 0 amide bonds. The Hall–Kier alpha value is -0.950. The van der Waals surface area contributed by atoms with E-state index in [0.717, 1.165) is 11.6 Å². The van der Waals surface area contributed by atoms with Crippen molar-refractivity contribution < 1.29 is 0 Å². The molecule has 0 saturated heterocycles. The Balaban J connectivity index is 2.48. The minimum absolute atomic E-state index is 0.815. The standard InChI is InChI=1S/C13H16ClN/c1-3-4-7-15-10(2)8-11-9-12(14)5-6-13(11)15/h5-6,8-9H,3-4,7H2,1-2H3. The molecule has 0 aliphatic carbocycles. The average Bonchev–Trinajstić information content (AvgIpc) is 2.50. The van der Waals surface area contributed by atoms with Crippen molar-refractivity contribution in [2.24, 2.45) is 0 Å². The molecule has 1 aromatic heterocycles. The van der Waals surface area contributed by atoms with Gasteiger partial charge in [-0.15, -0.1) is 0 Å². The van der Waals surface area contributed by atoms with Crippen molar-refractivity contribution >= 4 is 22.5 Å². The summed E-state index contributed by atoms with van der Waals surface area (Å²) in [4.78, 5) is 0. The number of fused-ring (bicyclic) bond motifs is 1. The third-order valence-electron chi connectivity index (χ3n) is 2.81. The SMILES string of the molecule is CCCCn1c(C)cc2cc(Cl)ccc21. The number of hydrogen-bond acceptors (Lipinski definition) is 0. The summed E-state index contributed by atoms with van der Waals surface area (Å²) in [5.41, 5.74) is 2.62. The van der Waals surface area contributed by atoms with Crippen LogP contribution < -0.4 is 0 Å². The molecule has 0 radical (unpaired) electrons. The lowest BCUT2D eigenvalue weighted by atomic mass is 10.2. The summed E-state index contributed by atoms with van der Waals surface area (Å²) in [5, 5.41) is 2.06. The van der Waals surface area contributed by atoms with E-state index >= 15 is 0 Å². The van der Waals surface area contributed by atoms with Crippen LogP contribution in [0.5, 0.6) is 0 Å². The molecule has 2 heteroatoms. The largest absolute Gasteiger partial charge is 0.345 e. The van der Waals surface area contributed by atoms with Crippen LogP contribution in [-0.2, 0) is 6.54 Å². The summed E-state index contributed by atoms with van der Waals surface area (Å²) >= 11 is 5.98. The molecule has 80 valence electrons. The Kier molecular flexibility index (Phi) is 3.01. The van der Waals surface area contributed by atoms with Gasteiger partial charge in [-0.05, 0) is 37.6 Å². The molecule has 0 aliphatic heterocycles. The van der Waals surface area contributed by atoms with E-state index in [1.54, 1.807) is 0 Å². The number of halogens is 1. The van der Waals surface area contributed by atoms with Gasteiger partial charge in [0.1, 0.15) is 0 Å². The van der Waals surface area contributed by atoms with Crippen molar-refractivity contribution in [2.75, 3.05) is 0 Å². The van der Waals surface area contributed by atoms with Gasteiger partial charge in [-0.3, -0.25) is 0 Å². The first-order chi connectivity index (χ1) is 7.22. The maximum Gasteiger partial charge on any atom is 0.0483 e. The predicted molar refractivity (Wildman–Crippen MR) is 66.6 cm³/mol. The zero-order chi connectivity index (χ0) is 10.8. The van der Waals surface area contributed by atoms with Gasteiger partial charge in [-0.25, -0.2) is 0 Å². The van der Waals surface area contributed by atoms with Crippen LogP contribution in [0.15, 0.2) is 24.3 Å². The van der Waals surface area contributed by atoms with Crippen LogP contribution in [0.4, 0.5) is 0 Å². The van der Waals surface area contributed by atoms with Crippen LogP contribution in [0.2, 0.25) is 5.02 Å². The fourth-order valence-electron chi connectivity index (χ4n) is 1.99. The molecule has 0 spiro atoms. The van der Waals surface area contributed by atoms with Crippen molar-refractivity contribution in [1.29, 1.82) is 0 Å². The number of hydrogen-bond donors (Lipinski definition) is 0. The highest BCUT2D eigenvalue weighted by atomic mass is 35.5. The van der Waals surface area contributed by atoms with Gasteiger partial charge in [0.2, 0.25) is 0 Å². The second kappa shape index (κ2) is 4.28. The fourth-order valence-corrected chi connectivity index (χ4v) is 2.17. The Labute approximate surface area is 95.7 Å². The second-order valence-electron chi connectivity index (χ2n) is 3.99. The molecule has 0 aliphatic rings. The summed E-state index contributed by atoms with van der Waals surface area (Å²) < 4.78 is 2.37. The first-order valence-corrected chi connectivity index (χ1v) is 5.85. The van der Waals surface area contributed by atoms with E-state index in [0.29, 0.717) is 0 Å². The molecule has 0 saturated carbocycles. The third kappa shape index (κ3) is 2.03. The number of aryl methyl sites for hydroxylation is 2. The molecule has 0 atom stereocenters. The van der Waals surface area contributed by atoms with Gasteiger partial charge in [0.15, 0.2) is 0 Å². The fraction of sp³-hybridized carbons (Fsp3) is 0.385. The number of rotatable bonds is 3. The summed E-state index contributed by atoms with van der Waals surface area (Å²) in [5.74, 6) is 0. The Morgan fingerprint density at radius 1 is 1.27 bits per heavy atom. The average molecular weight is 222 g/mol. The Morgan fingerprint density at radius 3 is 2.80 bits per heavy atom. The minimum Gasteiger partial charge on any atom is -0.345 e. The highest BCUT2D eigenvalue weighted by Gasteiger charge is 2.04. The first kappa shape index (κ1) is 10.6. The number of unbranched alkanes of at least 4 members (excludes halogenated alkanes) is 1. The Morgan fingerprint density at radius 2 is 2.07 bits per heavy atom. The van der Waals surface area contributed by atoms with Crippen molar-refractivity contribution in [1.82, 2.24) is 4.57 Å². The molecule has 1 heterocycles. The van der Waals surface area contributed by atoms with Crippen LogP contribution in [0, 0.1) is 6.92 Å². The summed E-state index contributed by atoms with van der Waals surface area (Å²) in [6.45, 7) is 5.48. The Bertz CT molecular complexity index is 471. The lowest BCUT2D eigenvalue weighted by Gasteiger charge is -2.06. The zero-order valence-electron chi connectivity index (χ0n) is 9.26. The van der Waals surface area contributed by atoms with Gasteiger partial charge in [-0.2, -0.15) is 0 Å². The maximum absolute atomic E-state index is 5.98. The topological polar surface area (TPSA) is 4.93 Å². The van der Waals surface area contributed by atoms with Crippen LogP contribution in [-0.4, -0.2) is 4.57 Å². The normalized spacial score (nSPS) is 11.1. The molecule has 1 nitrogen and oxygen atoms in total. The van der Waals surface area contributed by atoms with Crippen LogP contribution in [0.25, 0.3) is 10.9 Å². The van der Waals surface area contributed by atoms with Gasteiger partial charge in [0.05, 0.1) is 0 Å². The molecule has 0 bridgehead atoms. The molecule has 0 N–H and O–H groups in total. The molecular formula is C13H16ClN. The predicted octanol–water partition coefficient (Wildman–Crippen LogP) is 4.40. The van der Waals surface area contributed by atoms with Crippen molar-refractivity contribution in [3.8, 4) is 0 Å². The maximum atomic E-state index is 5.98. The minimum atomic E-state index is 0.815. The van der Waals surface area contributed by atoms with Gasteiger partial charge < -0.3 is 4.57 Å². The third-order valence-corrected chi connectivity index (χ3v) is 3.04. The number of benzene rings is 1. The van der Waals surface area contributed by atoms with E-state index in [1.165, 1.54) is 29.4 Å². The van der Waals surface area contributed by atoms with Gasteiger partial charge in [0.25, 0.3) is 0 Å². The smallest absolute Gasteiger partial charge is 0.0483 e. The van der Waals surface area contributed by atoms with E-state index in [2.05, 4.69) is 30.5 Å². The summed E-state index contributed by atoms with van der Waals surface area (Å²) in [6.07, 6.45) is 2.46. The van der Waals surface area contributed by atoms with E-state index < -0.39 is 0 Å². The van der Waals surface area contributed by atoms with Crippen molar-refractivity contribution in [3.63, 3.8) is 0 Å². The van der Waals surface area contributed by atoms with E-state index in [1.807, 2.05) is 12.1 Å². The monoisotopic (exact) mass is 221 g/mol. The van der Waals surface area contributed by atoms with Crippen molar-refractivity contribution in [3.05, 3.63) is 35.0 Å². The van der Waals surface area contributed by atoms with Gasteiger partial charge >= 0.3 is 0 Å². The second-order valence-corrected chi connectivity index (χ2v) is 4.43. The summed E-state index contributed by atoms with van der Waals surface area (Å²) in [6, 6.07) is 8.31. The molecular weight excluding hydrogens is 206 g/mol. The summed E-state index contributed by atoms with van der Waals surface area (Å²) in [7, 11) is 0. The molecule has 0 unspecified atom stereocenters. The quantitative estimate of drug-likeness (QED) is 0.724. The van der Waals surface area contributed by atoms with E-state index in [-0.39, 0.29) is 0 Å². The van der Waals surface area contributed by atoms with E-state index in [4.69, 9.17) is 11.6 Å². The van der Waals surface area contributed by atoms with Crippen LogP contribution in [0.1, 0.15) is 25.5 Å². The van der Waals surface area contributed by atoms with E-state index in [9.17, 15) is 0 Å². The zero-order valence-corrected chi connectivity index (χ0v) is 10.0. The molecule has 2 aromatic rings. The van der Waals surface area contributed by atoms with Crippen molar-refractivity contribution in [2.45, 2.75) is 33.2 Å². The van der Waals surface area contributed by atoms with Crippen LogP contribution >= 0.6 is 11.6 Å². The van der Waals surface area contributed by atoms with Gasteiger partial charge in [-0.1, -0.05) is 24.9 Å². The number of nitrogens with zero attached hydrogens (tertiary/aromatic N) is 1. The molecule has 1 aromatic carbocycles. The lowest BCUT2D eigenvalue weighted by Crippen LogP contribution is -1.98. The number of aromatic nitrogens is 1. The molecule has 0 fully saturated rings. The highest BCUT2D eigenvalue weighted by Crippen LogP contribution is 2.23. The molecule has 15 heavy (non-hydrogen) atoms. The first-order valence-electron chi connectivity index (χ1n) is 5.47. The molecule has 2 rings (SSSR count). The van der Waals surface area contributed by atoms with Crippen LogP contribution in [0.3, 0.4) is 0 Å². The van der Waals surface area contributed by atoms with Gasteiger partial charge in [0, 0.05) is 28.2 Å². The highest BCUT2D eigenvalue weighted by molar-refractivity contribution is 6.31. The lowest BCUT2D eigenvalue weighted by molar-refractivity contribution is 0.637.